The summed E-state index contributed by atoms with van der Waals surface area (Å²) in [5, 5.41) is 29.2. The molecule has 1 aliphatic heterocycles. The predicted octanol–water partition coefficient (Wildman–Crippen LogP) is -0.115. The Kier molecular flexibility index (Phi) is 4.11. The molecule has 0 bridgehead atoms. The molecule has 20 heavy (non-hydrogen) atoms. The SMILES string of the molecule is O=C(O)c1cc([N+](=O)[O-])cnc1N1CCOCC1CO. The van der Waals surface area contributed by atoms with Crippen molar-refractivity contribution < 1.29 is 24.7 Å². The highest BCUT2D eigenvalue weighted by atomic mass is 16.6. The number of anilines is 1. The molecule has 0 aromatic carbocycles. The summed E-state index contributed by atoms with van der Waals surface area (Å²) in [6.45, 7) is 0.747. The average molecular weight is 283 g/mol. The maximum atomic E-state index is 11.3. The first-order valence-electron chi connectivity index (χ1n) is 5.87. The molecule has 9 nitrogen and oxygen atoms in total. The van der Waals surface area contributed by atoms with Crippen LogP contribution in [-0.2, 0) is 4.74 Å². The molecule has 0 saturated carbocycles. The molecular weight excluding hydrogens is 270 g/mol. The Bertz CT molecular complexity index is 535. The minimum Gasteiger partial charge on any atom is -0.478 e. The van der Waals surface area contributed by atoms with Gasteiger partial charge in [-0.25, -0.2) is 9.78 Å². The van der Waals surface area contributed by atoms with Crippen molar-refractivity contribution in [3.05, 3.63) is 27.9 Å². The van der Waals surface area contributed by atoms with E-state index in [9.17, 15) is 25.1 Å². The van der Waals surface area contributed by atoms with Crippen molar-refractivity contribution in [1.29, 1.82) is 0 Å². The van der Waals surface area contributed by atoms with E-state index in [-0.39, 0.29) is 30.3 Å². The number of aromatic nitrogens is 1. The highest BCUT2D eigenvalue weighted by Gasteiger charge is 2.28. The van der Waals surface area contributed by atoms with E-state index >= 15 is 0 Å². The van der Waals surface area contributed by atoms with Gasteiger partial charge < -0.3 is 19.8 Å². The lowest BCUT2D eigenvalue weighted by molar-refractivity contribution is -0.385. The normalized spacial score (nSPS) is 18.9. The van der Waals surface area contributed by atoms with Crippen LogP contribution in [0.5, 0.6) is 0 Å². The summed E-state index contributed by atoms with van der Waals surface area (Å²) in [7, 11) is 0. The van der Waals surface area contributed by atoms with E-state index in [0.717, 1.165) is 12.3 Å². The zero-order valence-corrected chi connectivity index (χ0v) is 10.4. The molecule has 0 amide bonds. The monoisotopic (exact) mass is 283 g/mol. The van der Waals surface area contributed by atoms with Gasteiger partial charge in [0.05, 0.1) is 30.8 Å². The van der Waals surface area contributed by atoms with Crippen LogP contribution in [0.15, 0.2) is 12.3 Å². The second-order valence-corrected chi connectivity index (χ2v) is 4.23. The molecule has 1 aromatic heterocycles. The molecule has 1 atom stereocenters. The first-order chi connectivity index (χ1) is 9.54. The molecule has 2 N–H and O–H groups in total. The van der Waals surface area contributed by atoms with Crippen molar-refractivity contribution in [2.24, 2.45) is 0 Å². The van der Waals surface area contributed by atoms with Crippen molar-refractivity contribution in [1.82, 2.24) is 4.98 Å². The largest absolute Gasteiger partial charge is 0.478 e. The third-order valence-electron chi connectivity index (χ3n) is 3.00. The number of aliphatic hydroxyl groups is 1. The van der Waals surface area contributed by atoms with Gasteiger partial charge in [0.1, 0.15) is 17.6 Å². The lowest BCUT2D eigenvalue weighted by Crippen LogP contribution is -2.48. The third-order valence-corrected chi connectivity index (χ3v) is 3.00. The number of carbonyl (C=O) groups is 1. The number of morpholine rings is 1. The molecule has 2 rings (SSSR count). The number of aliphatic hydroxyl groups excluding tert-OH is 1. The second kappa shape index (κ2) is 5.80. The van der Waals surface area contributed by atoms with E-state index in [4.69, 9.17) is 4.74 Å². The fraction of sp³-hybridized carbons (Fsp3) is 0.455. The molecule has 1 saturated heterocycles. The first-order valence-corrected chi connectivity index (χ1v) is 5.87. The highest BCUT2D eigenvalue weighted by molar-refractivity contribution is 5.94. The van der Waals surface area contributed by atoms with Gasteiger partial charge in [0.15, 0.2) is 0 Å². The smallest absolute Gasteiger partial charge is 0.339 e. The van der Waals surface area contributed by atoms with Crippen LogP contribution in [0.4, 0.5) is 11.5 Å². The van der Waals surface area contributed by atoms with Gasteiger partial charge in [-0.2, -0.15) is 0 Å². The minimum atomic E-state index is -1.31. The molecule has 0 aliphatic carbocycles. The van der Waals surface area contributed by atoms with E-state index in [1.165, 1.54) is 0 Å². The van der Waals surface area contributed by atoms with E-state index < -0.39 is 16.9 Å². The van der Waals surface area contributed by atoms with Crippen LogP contribution >= 0.6 is 0 Å². The Hall–Kier alpha value is -2.26. The maximum absolute atomic E-state index is 11.3. The van der Waals surface area contributed by atoms with Crippen molar-refractivity contribution in [2.45, 2.75) is 6.04 Å². The van der Waals surface area contributed by atoms with Gasteiger partial charge in [0.25, 0.3) is 5.69 Å². The van der Waals surface area contributed by atoms with Crippen molar-refractivity contribution in [3.63, 3.8) is 0 Å². The van der Waals surface area contributed by atoms with E-state index in [1.807, 2.05) is 0 Å². The van der Waals surface area contributed by atoms with Crippen LogP contribution in [0, 0.1) is 10.1 Å². The van der Waals surface area contributed by atoms with Crippen LogP contribution in [0.2, 0.25) is 0 Å². The van der Waals surface area contributed by atoms with Gasteiger partial charge in [-0.15, -0.1) is 0 Å². The van der Waals surface area contributed by atoms with Gasteiger partial charge in [-0.1, -0.05) is 0 Å². The van der Waals surface area contributed by atoms with Gasteiger partial charge in [0.2, 0.25) is 0 Å². The molecule has 1 fully saturated rings. The number of aromatic carboxylic acids is 1. The number of hydrogen-bond donors (Lipinski definition) is 2. The summed E-state index contributed by atoms with van der Waals surface area (Å²) in [5.74, 6) is -1.20. The van der Waals surface area contributed by atoms with Crippen LogP contribution in [0.25, 0.3) is 0 Å². The third kappa shape index (κ3) is 2.68. The van der Waals surface area contributed by atoms with Gasteiger partial charge in [-0.05, 0) is 0 Å². The lowest BCUT2D eigenvalue weighted by Gasteiger charge is -2.35. The number of carboxylic acid groups (broad SMARTS) is 1. The summed E-state index contributed by atoms with van der Waals surface area (Å²) in [4.78, 5) is 26.7. The predicted molar refractivity (Wildman–Crippen MR) is 66.9 cm³/mol. The zero-order valence-electron chi connectivity index (χ0n) is 10.4. The van der Waals surface area contributed by atoms with E-state index in [2.05, 4.69) is 4.98 Å². The molecule has 108 valence electrons. The summed E-state index contributed by atoms with van der Waals surface area (Å²) in [6, 6.07) is 0.546. The van der Waals surface area contributed by atoms with Gasteiger partial charge in [0, 0.05) is 12.6 Å². The first kappa shape index (κ1) is 14.2. The fourth-order valence-corrected chi connectivity index (χ4v) is 2.02. The Morgan fingerprint density at radius 2 is 2.40 bits per heavy atom. The maximum Gasteiger partial charge on any atom is 0.339 e. The van der Waals surface area contributed by atoms with Crippen LogP contribution in [-0.4, -0.2) is 58.5 Å². The molecular formula is C11H13N3O6. The van der Waals surface area contributed by atoms with Crippen LogP contribution < -0.4 is 4.90 Å². The Balaban J connectivity index is 2.44. The molecule has 9 heteroatoms. The Morgan fingerprint density at radius 3 is 3.00 bits per heavy atom. The average Bonchev–Trinajstić information content (AvgIpc) is 2.46. The summed E-state index contributed by atoms with van der Waals surface area (Å²) in [5.41, 5.74) is -0.653. The van der Waals surface area contributed by atoms with Crippen molar-refractivity contribution in [3.8, 4) is 0 Å². The molecule has 1 aliphatic rings. The number of ether oxygens (including phenoxy) is 1. The molecule has 0 spiro atoms. The standard InChI is InChI=1S/C11H13N3O6/c15-5-8-6-20-2-1-13(8)10-9(11(16)17)3-7(4-12-10)14(18)19/h3-4,8,15H,1-2,5-6H2,(H,16,17). The Labute approximate surface area is 113 Å². The van der Waals surface area contributed by atoms with Gasteiger partial charge in [-0.3, -0.25) is 10.1 Å². The fourth-order valence-electron chi connectivity index (χ4n) is 2.02. The Morgan fingerprint density at radius 1 is 1.65 bits per heavy atom. The second-order valence-electron chi connectivity index (χ2n) is 4.23. The topological polar surface area (TPSA) is 126 Å². The van der Waals surface area contributed by atoms with E-state index in [1.54, 1.807) is 4.90 Å². The van der Waals surface area contributed by atoms with Crippen molar-refractivity contribution in [2.75, 3.05) is 31.3 Å². The highest BCUT2D eigenvalue weighted by Crippen LogP contribution is 2.25. The van der Waals surface area contributed by atoms with Gasteiger partial charge >= 0.3 is 5.97 Å². The minimum absolute atomic E-state index is 0.102. The molecule has 2 heterocycles. The number of nitro groups is 1. The zero-order chi connectivity index (χ0) is 14.7. The number of rotatable bonds is 4. The number of pyridine rings is 1. The van der Waals surface area contributed by atoms with Crippen LogP contribution in [0.1, 0.15) is 10.4 Å². The number of carboxylic acids is 1. The summed E-state index contributed by atoms with van der Waals surface area (Å²) in [6.07, 6.45) is 1.01. The molecule has 0 radical (unpaired) electrons. The number of hydrogen-bond acceptors (Lipinski definition) is 7. The van der Waals surface area contributed by atoms with E-state index in [0.29, 0.717) is 13.2 Å². The summed E-state index contributed by atoms with van der Waals surface area (Å²) >= 11 is 0. The quantitative estimate of drug-likeness (QED) is 0.578. The van der Waals surface area contributed by atoms with Crippen LogP contribution in [0.3, 0.4) is 0 Å². The van der Waals surface area contributed by atoms with Crippen molar-refractivity contribution >= 4 is 17.5 Å². The lowest BCUT2D eigenvalue weighted by atomic mass is 10.1. The number of nitrogens with zero attached hydrogens (tertiary/aromatic N) is 3. The summed E-state index contributed by atoms with van der Waals surface area (Å²) < 4.78 is 5.20. The molecule has 1 aromatic rings. The molecule has 1 unspecified atom stereocenters.